The number of hydrogen-bond donors (Lipinski definition) is 2. The van der Waals surface area contributed by atoms with Crippen LogP contribution in [-0.2, 0) is 9.53 Å². The van der Waals surface area contributed by atoms with E-state index in [1.807, 2.05) is 0 Å². The van der Waals surface area contributed by atoms with Crippen LogP contribution >= 0.6 is 0 Å². The van der Waals surface area contributed by atoms with Crippen LogP contribution in [-0.4, -0.2) is 35.3 Å². The molecule has 2 saturated carbocycles. The SMILES string of the molecule is CC(=O)OC1CCC(C)CC1N1NC2CCCCC2N1. The van der Waals surface area contributed by atoms with E-state index in [0.29, 0.717) is 18.0 Å². The summed E-state index contributed by atoms with van der Waals surface area (Å²) in [5.74, 6) is 0.532. The maximum Gasteiger partial charge on any atom is 0.302 e. The molecule has 0 aromatic rings. The number of carbonyl (C=O) groups excluding carboxylic acids is 1. The number of carbonyl (C=O) groups is 1. The second-order valence-electron chi connectivity index (χ2n) is 6.76. The minimum atomic E-state index is -0.161. The van der Waals surface area contributed by atoms with Crippen molar-refractivity contribution in [1.82, 2.24) is 16.0 Å². The minimum absolute atomic E-state index is 0.0175. The van der Waals surface area contributed by atoms with Crippen LogP contribution in [0.1, 0.15) is 58.8 Å². The molecule has 3 fully saturated rings. The Balaban J connectivity index is 1.67. The van der Waals surface area contributed by atoms with E-state index < -0.39 is 0 Å². The molecular weight excluding hydrogens is 254 g/mol. The maximum atomic E-state index is 11.3. The zero-order valence-corrected chi connectivity index (χ0v) is 12.6. The lowest BCUT2D eigenvalue weighted by molar-refractivity contribution is -0.155. The van der Waals surface area contributed by atoms with Crippen LogP contribution in [0.25, 0.3) is 0 Å². The minimum Gasteiger partial charge on any atom is -0.461 e. The zero-order chi connectivity index (χ0) is 14.1. The Bertz CT molecular complexity index is 349. The first-order valence-electron chi connectivity index (χ1n) is 8.12. The van der Waals surface area contributed by atoms with Gasteiger partial charge in [-0.2, -0.15) is 5.12 Å². The molecule has 5 heteroatoms. The van der Waals surface area contributed by atoms with Crippen molar-refractivity contribution in [3.05, 3.63) is 0 Å². The van der Waals surface area contributed by atoms with Gasteiger partial charge in [0.2, 0.25) is 0 Å². The fourth-order valence-electron chi connectivity index (χ4n) is 3.97. The molecule has 3 aliphatic rings. The average Bonchev–Trinajstić information content (AvgIpc) is 2.84. The summed E-state index contributed by atoms with van der Waals surface area (Å²) in [7, 11) is 0. The summed E-state index contributed by atoms with van der Waals surface area (Å²) < 4.78 is 5.56. The van der Waals surface area contributed by atoms with Crippen LogP contribution in [0.2, 0.25) is 0 Å². The highest BCUT2D eigenvalue weighted by Crippen LogP contribution is 2.31. The number of hydrogen-bond acceptors (Lipinski definition) is 5. The first-order chi connectivity index (χ1) is 9.63. The largest absolute Gasteiger partial charge is 0.461 e. The average molecular weight is 281 g/mol. The molecule has 0 bridgehead atoms. The van der Waals surface area contributed by atoms with Crippen LogP contribution in [0.15, 0.2) is 0 Å². The smallest absolute Gasteiger partial charge is 0.302 e. The molecule has 0 amide bonds. The van der Waals surface area contributed by atoms with Gasteiger partial charge in [0.05, 0.1) is 6.04 Å². The highest BCUT2D eigenvalue weighted by Gasteiger charge is 2.42. The van der Waals surface area contributed by atoms with E-state index in [4.69, 9.17) is 4.74 Å². The van der Waals surface area contributed by atoms with Crippen molar-refractivity contribution >= 4 is 5.97 Å². The fraction of sp³-hybridized carbons (Fsp3) is 0.933. The molecule has 2 aliphatic carbocycles. The van der Waals surface area contributed by atoms with Crippen LogP contribution in [0.5, 0.6) is 0 Å². The van der Waals surface area contributed by atoms with Gasteiger partial charge in [-0.1, -0.05) is 19.8 Å². The molecule has 2 N–H and O–H groups in total. The van der Waals surface area contributed by atoms with Crippen molar-refractivity contribution in [3.8, 4) is 0 Å². The van der Waals surface area contributed by atoms with Gasteiger partial charge in [-0.3, -0.25) is 4.79 Å². The monoisotopic (exact) mass is 281 g/mol. The van der Waals surface area contributed by atoms with Crippen molar-refractivity contribution < 1.29 is 9.53 Å². The van der Waals surface area contributed by atoms with Crippen molar-refractivity contribution in [3.63, 3.8) is 0 Å². The number of esters is 1. The molecule has 5 unspecified atom stereocenters. The van der Waals surface area contributed by atoms with Crippen LogP contribution in [0.3, 0.4) is 0 Å². The van der Waals surface area contributed by atoms with E-state index in [1.54, 1.807) is 0 Å². The van der Waals surface area contributed by atoms with E-state index in [0.717, 1.165) is 19.3 Å². The molecule has 0 aromatic carbocycles. The molecule has 5 atom stereocenters. The van der Waals surface area contributed by atoms with Gasteiger partial charge in [-0.15, -0.1) is 0 Å². The maximum absolute atomic E-state index is 11.3. The van der Waals surface area contributed by atoms with Crippen LogP contribution in [0.4, 0.5) is 0 Å². The van der Waals surface area contributed by atoms with Crippen molar-refractivity contribution in [2.24, 2.45) is 5.92 Å². The summed E-state index contributed by atoms with van der Waals surface area (Å²) in [5.41, 5.74) is 7.23. The number of rotatable bonds is 2. The summed E-state index contributed by atoms with van der Waals surface area (Å²) in [5, 5.41) is 2.17. The van der Waals surface area contributed by atoms with Crippen LogP contribution < -0.4 is 10.9 Å². The van der Waals surface area contributed by atoms with Crippen LogP contribution in [0, 0.1) is 5.92 Å². The standard InChI is InChI=1S/C15H27N3O2/c1-10-7-8-15(20-11(2)19)14(9-10)18-16-12-5-3-4-6-13(12)17-18/h10,12-17H,3-9H2,1-2H3. The molecule has 5 nitrogen and oxygen atoms in total. The third-order valence-corrected chi connectivity index (χ3v) is 5.04. The molecule has 1 heterocycles. The van der Waals surface area contributed by atoms with Gasteiger partial charge < -0.3 is 4.74 Å². The Hall–Kier alpha value is -0.650. The quantitative estimate of drug-likeness (QED) is 0.755. The summed E-state index contributed by atoms with van der Waals surface area (Å²) >= 11 is 0. The Labute approximate surface area is 121 Å². The molecule has 1 aliphatic heterocycles. The molecule has 114 valence electrons. The van der Waals surface area contributed by atoms with Crippen molar-refractivity contribution in [2.75, 3.05) is 0 Å². The van der Waals surface area contributed by atoms with Gasteiger partial charge in [0.25, 0.3) is 0 Å². The van der Waals surface area contributed by atoms with E-state index in [9.17, 15) is 4.79 Å². The second-order valence-corrected chi connectivity index (χ2v) is 6.76. The fourth-order valence-corrected chi connectivity index (χ4v) is 3.97. The third kappa shape index (κ3) is 3.00. The Morgan fingerprint density at radius 3 is 2.35 bits per heavy atom. The number of nitrogens with one attached hydrogen (secondary N) is 2. The Morgan fingerprint density at radius 1 is 1.10 bits per heavy atom. The molecule has 3 rings (SSSR count). The van der Waals surface area contributed by atoms with E-state index in [-0.39, 0.29) is 18.1 Å². The molecule has 0 aromatic heterocycles. The lowest BCUT2D eigenvalue weighted by atomic mass is 9.85. The molecular formula is C15H27N3O2. The van der Waals surface area contributed by atoms with E-state index in [2.05, 4.69) is 22.9 Å². The Kier molecular flexibility index (Phi) is 4.29. The predicted molar refractivity (Wildman–Crippen MR) is 76.5 cm³/mol. The third-order valence-electron chi connectivity index (χ3n) is 5.04. The summed E-state index contributed by atoms with van der Waals surface area (Å²) in [4.78, 5) is 11.3. The normalized spacial score (nSPS) is 42.2. The van der Waals surface area contributed by atoms with Gasteiger partial charge in [0.15, 0.2) is 0 Å². The van der Waals surface area contributed by atoms with Gasteiger partial charge in [-0.25, -0.2) is 10.9 Å². The second kappa shape index (κ2) is 6.00. The summed E-state index contributed by atoms with van der Waals surface area (Å²) in [6, 6.07) is 1.37. The number of ether oxygens (including phenoxy) is 1. The first kappa shape index (κ1) is 14.3. The number of fused-ring (bicyclic) bond motifs is 1. The van der Waals surface area contributed by atoms with Crippen molar-refractivity contribution in [1.29, 1.82) is 0 Å². The van der Waals surface area contributed by atoms with Gasteiger partial charge >= 0.3 is 5.97 Å². The van der Waals surface area contributed by atoms with Gasteiger partial charge in [0, 0.05) is 19.0 Å². The molecule has 20 heavy (non-hydrogen) atoms. The predicted octanol–water partition coefficient (Wildman–Crippen LogP) is 1.74. The van der Waals surface area contributed by atoms with E-state index in [1.165, 1.54) is 32.6 Å². The highest BCUT2D eigenvalue weighted by atomic mass is 16.5. The van der Waals surface area contributed by atoms with Gasteiger partial charge in [0.1, 0.15) is 6.10 Å². The zero-order valence-electron chi connectivity index (χ0n) is 12.6. The Morgan fingerprint density at radius 2 is 1.75 bits per heavy atom. The topological polar surface area (TPSA) is 53.6 Å². The van der Waals surface area contributed by atoms with E-state index >= 15 is 0 Å². The molecule has 1 saturated heterocycles. The summed E-state index contributed by atoms with van der Waals surface area (Å²) in [6.07, 6.45) is 8.34. The summed E-state index contributed by atoms with van der Waals surface area (Å²) in [6.45, 7) is 3.81. The lowest BCUT2D eigenvalue weighted by Crippen LogP contribution is -2.56. The van der Waals surface area contributed by atoms with Gasteiger partial charge in [-0.05, 0) is 38.0 Å². The highest BCUT2D eigenvalue weighted by molar-refractivity contribution is 5.66. The number of hydrazine groups is 2. The first-order valence-corrected chi connectivity index (χ1v) is 8.12. The molecule has 0 radical (unpaired) electrons. The van der Waals surface area contributed by atoms with Crippen molar-refractivity contribution in [2.45, 2.75) is 83.0 Å². The lowest BCUT2D eigenvalue weighted by Gasteiger charge is -2.39. The number of nitrogens with zero attached hydrogens (tertiary/aromatic N) is 1. The molecule has 0 spiro atoms.